The van der Waals surface area contributed by atoms with Crippen LogP contribution in [-0.4, -0.2) is 46.2 Å². The lowest BCUT2D eigenvalue weighted by Crippen LogP contribution is -2.34. The Bertz CT molecular complexity index is 655. The Hall–Kier alpha value is -0.910. The van der Waals surface area contributed by atoms with E-state index in [0.29, 0.717) is 18.3 Å². The third-order valence-corrected chi connectivity index (χ3v) is 9.04. The van der Waals surface area contributed by atoms with Crippen molar-refractivity contribution in [2.24, 2.45) is 29.1 Å². The molecule has 0 aliphatic heterocycles. The summed E-state index contributed by atoms with van der Waals surface area (Å²) < 4.78 is 5.52. The molecular formula is C30H54O5. The number of carbonyl (C=O) groups is 1. The highest BCUT2D eigenvalue weighted by atomic mass is 16.5. The van der Waals surface area contributed by atoms with Gasteiger partial charge in [0, 0.05) is 18.9 Å². The van der Waals surface area contributed by atoms with E-state index in [1.54, 1.807) is 21.0 Å². The Morgan fingerprint density at radius 3 is 1.69 bits per heavy atom. The fourth-order valence-corrected chi connectivity index (χ4v) is 6.09. The molecule has 0 spiro atoms. The number of aliphatic carboxylic acids is 1. The minimum absolute atomic E-state index is 0.0653. The third kappa shape index (κ3) is 9.81. The average Bonchev–Trinajstić information content (AvgIpc) is 2.81. The van der Waals surface area contributed by atoms with Crippen LogP contribution in [0.4, 0.5) is 0 Å². The monoisotopic (exact) mass is 494 g/mol. The molecule has 2 rings (SSSR count). The first kappa shape index (κ1) is 30.3. The van der Waals surface area contributed by atoms with Crippen molar-refractivity contribution in [1.82, 2.24) is 0 Å². The Morgan fingerprint density at radius 1 is 0.800 bits per heavy atom. The van der Waals surface area contributed by atoms with Crippen molar-refractivity contribution in [1.29, 1.82) is 0 Å². The van der Waals surface area contributed by atoms with Crippen molar-refractivity contribution in [3.8, 4) is 0 Å². The second-order valence-corrected chi connectivity index (χ2v) is 12.7. The molecular weight excluding hydrogens is 440 g/mol. The quantitative estimate of drug-likeness (QED) is 0.184. The summed E-state index contributed by atoms with van der Waals surface area (Å²) in [5.41, 5.74) is -0.736. The fraction of sp³-hybridized carbons (Fsp3) is 0.900. The molecule has 2 aliphatic rings. The van der Waals surface area contributed by atoms with Crippen LogP contribution in [0.3, 0.4) is 0 Å². The zero-order valence-electron chi connectivity index (χ0n) is 23.2. The fourth-order valence-electron chi connectivity index (χ4n) is 6.09. The van der Waals surface area contributed by atoms with Crippen LogP contribution in [-0.2, 0) is 9.53 Å². The minimum Gasteiger partial charge on any atom is -0.481 e. The molecule has 2 fully saturated rings. The van der Waals surface area contributed by atoms with Crippen molar-refractivity contribution in [3.05, 3.63) is 12.2 Å². The number of unbranched alkanes of at least 4 members (excludes halogenated alkanes) is 2. The number of aliphatic hydroxyl groups is 2. The van der Waals surface area contributed by atoms with Crippen molar-refractivity contribution < 1.29 is 24.9 Å². The highest BCUT2D eigenvalue weighted by molar-refractivity contribution is 5.73. The predicted octanol–water partition coefficient (Wildman–Crippen LogP) is 6.75. The van der Waals surface area contributed by atoms with E-state index in [-0.39, 0.29) is 29.6 Å². The molecule has 204 valence electrons. The van der Waals surface area contributed by atoms with Crippen molar-refractivity contribution in [2.45, 2.75) is 135 Å². The highest BCUT2D eigenvalue weighted by Crippen LogP contribution is 2.37. The summed E-state index contributed by atoms with van der Waals surface area (Å²) in [5.74, 6) is 0.320. The lowest BCUT2D eigenvalue weighted by molar-refractivity contribution is -0.147. The maximum Gasteiger partial charge on any atom is 0.309 e. The standard InChI is InChI=1S/C30H54O5/c1-29(2,28(33)34)20-8-6-12-22-14-10-16-24(26(22)31)18-19-25-17-11-15-23(27(25)32)13-7-9-21-30(3,4)35-5/h18-19,22-27,31-32H,6-17,20-21H2,1-5H3,(H,33,34)/b19-18-. The van der Waals surface area contributed by atoms with Gasteiger partial charge in [0.2, 0.25) is 0 Å². The van der Waals surface area contributed by atoms with Gasteiger partial charge in [-0.2, -0.15) is 0 Å². The van der Waals surface area contributed by atoms with Gasteiger partial charge in [-0.15, -0.1) is 0 Å². The summed E-state index contributed by atoms with van der Waals surface area (Å²) in [6.07, 6.45) is 18.3. The molecule has 0 amide bonds. The van der Waals surface area contributed by atoms with Gasteiger partial charge < -0.3 is 20.1 Å². The summed E-state index contributed by atoms with van der Waals surface area (Å²) >= 11 is 0. The molecule has 2 saturated carbocycles. The van der Waals surface area contributed by atoms with E-state index in [1.807, 2.05) is 0 Å². The first-order valence-electron chi connectivity index (χ1n) is 14.3. The minimum atomic E-state index is -0.734. The number of hydrogen-bond donors (Lipinski definition) is 3. The van der Waals surface area contributed by atoms with E-state index < -0.39 is 11.4 Å². The largest absolute Gasteiger partial charge is 0.481 e. The third-order valence-electron chi connectivity index (χ3n) is 9.04. The molecule has 0 radical (unpaired) electrons. The molecule has 3 N–H and O–H groups in total. The van der Waals surface area contributed by atoms with Crippen LogP contribution in [0.1, 0.15) is 118 Å². The van der Waals surface area contributed by atoms with Crippen molar-refractivity contribution in [3.63, 3.8) is 0 Å². The van der Waals surface area contributed by atoms with E-state index >= 15 is 0 Å². The van der Waals surface area contributed by atoms with Crippen LogP contribution < -0.4 is 0 Å². The maximum absolute atomic E-state index is 11.3. The SMILES string of the molecule is COC(C)(C)CCCCC1CCCC(/C=C\C2CCCC(CCCCC(C)(C)C(=O)O)C2O)C1O. The highest BCUT2D eigenvalue weighted by Gasteiger charge is 2.33. The van der Waals surface area contributed by atoms with E-state index in [0.717, 1.165) is 77.0 Å². The Labute approximate surface area is 214 Å². The number of hydrogen-bond acceptors (Lipinski definition) is 4. The zero-order valence-corrected chi connectivity index (χ0v) is 23.2. The number of carboxylic acids is 1. The molecule has 0 saturated heterocycles. The number of ether oxygens (including phenoxy) is 1. The number of aliphatic hydroxyl groups excluding tert-OH is 2. The van der Waals surface area contributed by atoms with Gasteiger partial charge >= 0.3 is 5.97 Å². The number of rotatable bonds is 14. The number of carboxylic acid groups (broad SMARTS) is 1. The summed E-state index contributed by atoms with van der Waals surface area (Å²) in [4.78, 5) is 11.3. The first-order valence-corrected chi connectivity index (χ1v) is 14.3. The summed E-state index contributed by atoms with van der Waals surface area (Å²) in [5, 5.41) is 31.4. The normalized spacial score (nSPS) is 30.6. The van der Waals surface area contributed by atoms with Gasteiger partial charge in [-0.25, -0.2) is 0 Å². The van der Waals surface area contributed by atoms with Gasteiger partial charge in [-0.1, -0.05) is 50.7 Å². The van der Waals surface area contributed by atoms with Gasteiger partial charge in [0.05, 0.1) is 23.2 Å². The van der Waals surface area contributed by atoms with Crippen LogP contribution in [0, 0.1) is 29.1 Å². The predicted molar refractivity (Wildman–Crippen MR) is 142 cm³/mol. The first-order chi connectivity index (χ1) is 16.5. The molecule has 35 heavy (non-hydrogen) atoms. The van der Waals surface area contributed by atoms with E-state index in [2.05, 4.69) is 26.0 Å². The summed E-state index contributed by atoms with van der Waals surface area (Å²) in [7, 11) is 1.77. The second-order valence-electron chi connectivity index (χ2n) is 12.7. The Balaban J connectivity index is 1.78. The molecule has 0 aromatic heterocycles. The van der Waals surface area contributed by atoms with Crippen LogP contribution in [0.15, 0.2) is 12.2 Å². The maximum atomic E-state index is 11.3. The molecule has 6 atom stereocenters. The van der Waals surface area contributed by atoms with Gasteiger partial charge in [0.25, 0.3) is 0 Å². The Morgan fingerprint density at radius 2 is 1.26 bits per heavy atom. The lowest BCUT2D eigenvalue weighted by Gasteiger charge is -2.36. The molecule has 0 bridgehead atoms. The smallest absolute Gasteiger partial charge is 0.309 e. The van der Waals surface area contributed by atoms with Gasteiger partial charge in [0.1, 0.15) is 0 Å². The van der Waals surface area contributed by atoms with Crippen LogP contribution in [0.5, 0.6) is 0 Å². The molecule has 5 nitrogen and oxygen atoms in total. The molecule has 0 heterocycles. The van der Waals surface area contributed by atoms with Crippen LogP contribution >= 0.6 is 0 Å². The average molecular weight is 495 g/mol. The molecule has 5 heteroatoms. The molecule has 0 aromatic rings. The van der Waals surface area contributed by atoms with E-state index in [9.17, 15) is 20.1 Å². The van der Waals surface area contributed by atoms with Gasteiger partial charge in [-0.05, 0) is 90.9 Å². The number of methoxy groups -OCH3 is 1. The van der Waals surface area contributed by atoms with Gasteiger partial charge in [-0.3, -0.25) is 4.79 Å². The zero-order chi connectivity index (χ0) is 26.1. The van der Waals surface area contributed by atoms with Crippen LogP contribution in [0.2, 0.25) is 0 Å². The van der Waals surface area contributed by atoms with E-state index in [4.69, 9.17) is 4.74 Å². The molecule has 6 unspecified atom stereocenters. The van der Waals surface area contributed by atoms with Gasteiger partial charge in [0.15, 0.2) is 0 Å². The second kappa shape index (κ2) is 14.1. The Kier molecular flexibility index (Phi) is 12.2. The molecule has 2 aliphatic carbocycles. The molecule has 0 aromatic carbocycles. The lowest BCUT2D eigenvalue weighted by atomic mass is 9.73. The van der Waals surface area contributed by atoms with Crippen molar-refractivity contribution >= 4 is 5.97 Å². The van der Waals surface area contributed by atoms with E-state index in [1.165, 1.54) is 6.42 Å². The van der Waals surface area contributed by atoms with Crippen LogP contribution in [0.25, 0.3) is 0 Å². The topological polar surface area (TPSA) is 87.0 Å². The summed E-state index contributed by atoms with van der Waals surface area (Å²) in [6, 6.07) is 0. The summed E-state index contributed by atoms with van der Waals surface area (Å²) in [6.45, 7) is 7.84. The van der Waals surface area contributed by atoms with Crippen molar-refractivity contribution in [2.75, 3.05) is 7.11 Å².